The minimum atomic E-state index is 0.195. The van der Waals surface area contributed by atoms with Gasteiger partial charge in [-0.05, 0) is 0 Å². The van der Waals surface area contributed by atoms with E-state index in [2.05, 4.69) is 10.2 Å². The number of anilines is 1. The van der Waals surface area contributed by atoms with Crippen LogP contribution in [0.5, 0.6) is 5.88 Å². The highest BCUT2D eigenvalue weighted by Gasteiger charge is 1.99. The number of nitrogens with two attached hydrogens (primary N) is 1. The predicted molar refractivity (Wildman–Crippen MR) is 38.0 cm³/mol. The highest BCUT2D eigenvalue weighted by molar-refractivity contribution is 6.31. The molecule has 0 saturated heterocycles. The molecule has 1 aromatic heterocycles. The Morgan fingerprint density at radius 2 is 2.30 bits per heavy atom. The van der Waals surface area contributed by atoms with E-state index >= 15 is 0 Å². The Labute approximate surface area is 63.0 Å². The first-order chi connectivity index (χ1) is 4.74. The van der Waals surface area contributed by atoms with Crippen LogP contribution < -0.4 is 10.5 Å². The van der Waals surface area contributed by atoms with Gasteiger partial charge in [0.25, 0.3) is 0 Å². The third-order valence-corrected chi connectivity index (χ3v) is 1.26. The Morgan fingerprint density at radius 3 is 2.80 bits per heavy atom. The molecule has 0 aliphatic heterocycles. The fourth-order valence-electron chi connectivity index (χ4n) is 0.472. The van der Waals surface area contributed by atoms with E-state index in [1.165, 1.54) is 13.2 Å². The zero-order valence-corrected chi connectivity index (χ0v) is 6.09. The highest BCUT2D eigenvalue weighted by Crippen LogP contribution is 2.17. The molecular weight excluding hydrogens is 154 g/mol. The van der Waals surface area contributed by atoms with Gasteiger partial charge in [0.2, 0.25) is 5.88 Å². The van der Waals surface area contributed by atoms with E-state index < -0.39 is 0 Å². The molecule has 0 spiro atoms. The summed E-state index contributed by atoms with van der Waals surface area (Å²) in [5.41, 5.74) is 5.75. The van der Waals surface area contributed by atoms with Crippen molar-refractivity contribution in [1.82, 2.24) is 10.2 Å². The lowest BCUT2D eigenvalue weighted by molar-refractivity contribution is 0.392. The molecular formula is C5H6ClN3O. The standard InChI is InChI=1S/C5H6ClN3O/c1-10-4-2-3(7)5(6)9-8-4/h2H,1H3,(H2,7,8). The lowest BCUT2D eigenvalue weighted by atomic mass is 10.5. The van der Waals surface area contributed by atoms with Crippen LogP contribution in [0.15, 0.2) is 6.07 Å². The molecule has 2 N–H and O–H groups in total. The number of hydrogen-bond donors (Lipinski definition) is 1. The van der Waals surface area contributed by atoms with Gasteiger partial charge in [0.15, 0.2) is 5.15 Å². The fraction of sp³-hybridized carbons (Fsp3) is 0.200. The second-order valence-corrected chi connectivity index (χ2v) is 1.99. The van der Waals surface area contributed by atoms with Crippen molar-refractivity contribution in [3.8, 4) is 5.88 Å². The molecule has 1 aromatic rings. The average molecular weight is 160 g/mol. The molecule has 10 heavy (non-hydrogen) atoms. The summed E-state index contributed by atoms with van der Waals surface area (Å²) >= 11 is 5.48. The molecule has 0 bridgehead atoms. The van der Waals surface area contributed by atoms with Crippen molar-refractivity contribution < 1.29 is 4.74 Å². The number of hydrogen-bond acceptors (Lipinski definition) is 4. The Morgan fingerprint density at radius 1 is 1.60 bits per heavy atom. The first kappa shape index (κ1) is 7.08. The van der Waals surface area contributed by atoms with E-state index in [4.69, 9.17) is 22.1 Å². The maximum Gasteiger partial charge on any atom is 0.235 e. The number of aromatic nitrogens is 2. The van der Waals surface area contributed by atoms with Gasteiger partial charge in [-0.15, -0.1) is 10.2 Å². The third kappa shape index (κ3) is 1.27. The van der Waals surface area contributed by atoms with E-state index in [0.717, 1.165) is 0 Å². The second-order valence-electron chi connectivity index (χ2n) is 1.63. The van der Waals surface area contributed by atoms with Crippen molar-refractivity contribution in [2.75, 3.05) is 12.8 Å². The van der Waals surface area contributed by atoms with E-state index in [1.807, 2.05) is 0 Å². The molecule has 0 fully saturated rings. The number of halogens is 1. The highest BCUT2D eigenvalue weighted by atomic mass is 35.5. The smallest absolute Gasteiger partial charge is 0.235 e. The van der Waals surface area contributed by atoms with Crippen molar-refractivity contribution in [2.24, 2.45) is 0 Å². The maximum atomic E-state index is 5.48. The lowest BCUT2D eigenvalue weighted by Gasteiger charge is -1.98. The van der Waals surface area contributed by atoms with Crippen LogP contribution in [0.1, 0.15) is 0 Å². The topological polar surface area (TPSA) is 61.0 Å². The van der Waals surface area contributed by atoms with Crippen LogP contribution in [0.2, 0.25) is 5.15 Å². The molecule has 0 atom stereocenters. The zero-order chi connectivity index (χ0) is 7.56. The molecule has 0 unspecified atom stereocenters. The first-order valence-corrected chi connectivity index (χ1v) is 2.94. The fourth-order valence-corrected chi connectivity index (χ4v) is 0.564. The number of methoxy groups -OCH3 is 1. The molecule has 0 aromatic carbocycles. The summed E-state index contributed by atoms with van der Waals surface area (Å²) in [5, 5.41) is 7.28. The van der Waals surface area contributed by atoms with E-state index in [9.17, 15) is 0 Å². The van der Waals surface area contributed by atoms with Crippen LogP contribution >= 0.6 is 11.6 Å². The molecule has 0 aliphatic carbocycles. The van der Waals surface area contributed by atoms with Crippen molar-refractivity contribution in [3.63, 3.8) is 0 Å². The average Bonchev–Trinajstić information content (AvgIpc) is 1.95. The van der Waals surface area contributed by atoms with E-state index in [1.54, 1.807) is 0 Å². The normalized spacial score (nSPS) is 9.40. The molecule has 54 valence electrons. The Balaban J connectivity index is 3.04. The summed E-state index contributed by atoms with van der Waals surface area (Å²) in [6.07, 6.45) is 0. The summed E-state index contributed by atoms with van der Waals surface area (Å²) in [6.45, 7) is 0. The Kier molecular flexibility index (Phi) is 1.91. The van der Waals surface area contributed by atoms with Crippen molar-refractivity contribution in [1.29, 1.82) is 0 Å². The molecule has 0 saturated carbocycles. The summed E-state index contributed by atoms with van der Waals surface area (Å²) in [7, 11) is 1.48. The van der Waals surface area contributed by atoms with E-state index in [-0.39, 0.29) is 5.15 Å². The third-order valence-electron chi connectivity index (χ3n) is 0.963. The Bertz CT molecular complexity index is 240. The van der Waals surface area contributed by atoms with Crippen LogP contribution in [0.25, 0.3) is 0 Å². The largest absolute Gasteiger partial charge is 0.480 e. The second kappa shape index (κ2) is 2.70. The number of ether oxygens (including phenoxy) is 1. The van der Waals surface area contributed by atoms with E-state index in [0.29, 0.717) is 11.6 Å². The van der Waals surface area contributed by atoms with Crippen molar-refractivity contribution in [2.45, 2.75) is 0 Å². The molecule has 4 nitrogen and oxygen atoms in total. The van der Waals surface area contributed by atoms with Crippen molar-refractivity contribution >= 4 is 17.3 Å². The van der Waals surface area contributed by atoms with Crippen molar-refractivity contribution in [3.05, 3.63) is 11.2 Å². The molecule has 0 radical (unpaired) electrons. The minimum Gasteiger partial charge on any atom is -0.480 e. The van der Waals surface area contributed by atoms with Crippen LogP contribution in [-0.4, -0.2) is 17.3 Å². The van der Waals surface area contributed by atoms with Gasteiger partial charge in [0, 0.05) is 6.07 Å². The maximum absolute atomic E-state index is 5.48. The van der Waals surface area contributed by atoms with Gasteiger partial charge >= 0.3 is 0 Å². The van der Waals surface area contributed by atoms with Crippen LogP contribution in [0, 0.1) is 0 Å². The van der Waals surface area contributed by atoms with Gasteiger partial charge in [-0.1, -0.05) is 11.6 Å². The number of nitrogen functional groups attached to an aromatic ring is 1. The lowest BCUT2D eigenvalue weighted by Crippen LogP contribution is -1.95. The molecule has 5 heteroatoms. The predicted octanol–water partition coefficient (Wildman–Crippen LogP) is 0.721. The molecule has 0 aliphatic rings. The monoisotopic (exact) mass is 159 g/mol. The van der Waals surface area contributed by atoms with Crippen LogP contribution in [0.4, 0.5) is 5.69 Å². The SMILES string of the molecule is COc1cc(N)c(Cl)nn1. The summed E-state index contributed by atoms with van der Waals surface area (Å²) in [6, 6.07) is 1.51. The van der Waals surface area contributed by atoms with Gasteiger partial charge in [0.1, 0.15) is 0 Å². The summed E-state index contributed by atoms with van der Waals surface area (Å²) in [4.78, 5) is 0. The number of rotatable bonds is 1. The summed E-state index contributed by atoms with van der Waals surface area (Å²) in [5.74, 6) is 0.363. The molecule has 1 rings (SSSR count). The van der Waals surface area contributed by atoms with Crippen LogP contribution in [-0.2, 0) is 0 Å². The zero-order valence-electron chi connectivity index (χ0n) is 5.34. The molecule has 0 amide bonds. The number of nitrogens with zero attached hydrogens (tertiary/aromatic N) is 2. The quantitative estimate of drug-likeness (QED) is 0.656. The van der Waals surface area contributed by atoms with Gasteiger partial charge in [0.05, 0.1) is 12.8 Å². The van der Waals surface area contributed by atoms with Gasteiger partial charge < -0.3 is 10.5 Å². The first-order valence-electron chi connectivity index (χ1n) is 2.56. The summed E-state index contributed by atoms with van der Waals surface area (Å²) < 4.78 is 4.74. The van der Waals surface area contributed by atoms with Gasteiger partial charge in [-0.2, -0.15) is 0 Å². The van der Waals surface area contributed by atoms with Gasteiger partial charge in [-0.25, -0.2) is 0 Å². The van der Waals surface area contributed by atoms with Crippen LogP contribution in [0.3, 0.4) is 0 Å². The molecule has 1 heterocycles. The Hall–Kier alpha value is -1.03. The minimum absolute atomic E-state index is 0.195. The van der Waals surface area contributed by atoms with Gasteiger partial charge in [-0.3, -0.25) is 0 Å².